The molecule has 12 heavy (non-hydrogen) atoms. The van der Waals surface area contributed by atoms with Crippen LogP contribution in [0.5, 0.6) is 0 Å². The molecule has 0 aliphatic rings. The highest BCUT2D eigenvalue weighted by Gasteiger charge is 2.02. The van der Waals surface area contributed by atoms with E-state index in [4.69, 9.17) is 0 Å². The molecule has 0 spiro atoms. The summed E-state index contributed by atoms with van der Waals surface area (Å²) in [6, 6.07) is 10.1. The maximum Gasteiger partial charge on any atom is 0.0580 e. The van der Waals surface area contributed by atoms with E-state index in [2.05, 4.69) is 19.1 Å². The molecule has 1 aromatic carbocycles. The van der Waals surface area contributed by atoms with Gasteiger partial charge in [-0.2, -0.15) is 0 Å². The first kappa shape index (κ1) is 9.27. The molecule has 0 bridgehead atoms. The summed E-state index contributed by atoms with van der Waals surface area (Å²) < 4.78 is 0. The van der Waals surface area contributed by atoms with Crippen LogP contribution in [-0.2, 0) is 6.42 Å². The SMILES string of the molecule is CCCC(O)Cc1ccccc1. The van der Waals surface area contributed by atoms with Gasteiger partial charge in [-0.1, -0.05) is 43.7 Å². The Bertz CT molecular complexity index is 206. The number of aliphatic hydroxyl groups is 1. The fraction of sp³-hybridized carbons (Fsp3) is 0.455. The van der Waals surface area contributed by atoms with Crippen molar-refractivity contribution in [2.45, 2.75) is 32.3 Å². The van der Waals surface area contributed by atoms with Gasteiger partial charge in [0.15, 0.2) is 0 Å². The normalized spacial score (nSPS) is 12.8. The van der Waals surface area contributed by atoms with Gasteiger partial charge >= 0.3 is 0 Å². The summed E-state index contributed by atoms with van der Waals surface area (Å²) in [6.07, 6.45) is 2.56. The molecular weight excluding hydrogens is 148 g/mol. The Hall–Kier alpha value is -0.820. The first-order valence-corrected chi connectivity index (χ1v) is 4.55. The molecule has 0 aliphatic carbocycles. The van der Waals surface area contributed by atoms with Gasteiger partial charge in [0.2, 0.25) is 0 Å². The van der Waals surface area contributed by atoms with Crippen LogP contribution in [0, 0.1) is 0 Å². The van der Waals surface area contributed by atoms with Crippen molar-refractivity contribution in [3.8, 4) is 0 Å². The lowest BCUT2D eigenvalue weighted by Gasteiger charge is -2.08. The van der Waals surface area contributed by atoms with Crippen LogP contribution in [0.4, 0.5) is 0 Å². The highest BCUT2D eigenvalue weighted by atomic mass is 16.3. The second-order valence-electron chi connectivity index (χ2n) is 3.13. The van der Waals surface area contributed by atoms with Crippen LogP contribution in [0.25, 0.3) is 0 Å². The first-order valence-electron chi connectivity index (χ1n) is 4.55. The standard InChI is InChI=1S/C11H16O/c1-2-6-11(12)9-10-7-4-3-5-8-10/h3-5,7-8,11-12H,2,6,9H2,1H3. The zero-order valence-corrected chi connectivity index (χ0v) is 7.53. The highest BCUT2D eigenvalue weighted by Crippen LogP contribution is 2.06. The molecule has 0 aromatic heterocycles. The molecule has 0 heterocycles. The Morgan fingerprint density at radius 3 is 2.50 bits per heavy atom. The average Bonchev–Trinajstić information content (AvgIpc) is 2.06. The van der Waals surface area contributed by atoms with Gasteiger partial charge in [-0.15, -0.1) is 0 Å². The molecule has 0 fully saturated rings. The van der Waals surface area contributed by atoms with Crippen molar-refractivity contribution >= 4 is 0 Å². The lowest BCUT2D eigenvalue weighted by Crippen LogP contribution is -2.09. The quantitative estimate of drug-likeness (QED) is 0.724. The Morgan fingerprint density at radius 1 is 1.25 bits per heavy atom. The second-order valence-corrected chi connectivity index (χ2v) is 3.13. The minimum Gasteiger partial charge on any atom is -0.393 e. The van der Waals surface area contributed by atoms with Gasteiger partial charge in [0.1, 0.15) is 0 Å². The zero-order chi connectivity index (χ0) is 8.81. The number of hydrogen-bond acceptors (Lipinski definition) is 1. The largest absolute Gasteiger partial charge is 0.393 e. The van der Waals surface area contributed by atoms with Crippen LogP contribution >= 0.6 is 0 Å². The van der Waals surface area contributed by atoms with E-state index in [1.165, 1.54) is 5.56 Å². The Balaban J connectivity index is 2.41. The van der Waals surface area contributed by atoms with Crippen molar-refractivity contribution in [2.24, 2.45) is 0 Å². The van der Waals surface area contributed by atoms with Crippen LogP contribution < -0.4 is 0 Å². The van der Waals surface area contributed by atoms with E-state index in [0.29, 0.717) is 0 Å². The van der Waals surface area contributed by atoms with Crippen molar-refractivity contribution in [1.29, 1.82) is 0 Å². The molecule has 1 N–H and O–H groups in total. The van der Waals surface area contributed by atoms with Crippen LogP contribution in [-0.4, -0.2) is 11.2 Å². The van der Waals surface area contributed by atoms with Crippen molar-refractivity contribution < 1.29 is 5.11 Å². The van der Waals surface area contributed by atoms with E-state index < -0.39 is 0 Å². The van der Waals surface area contributed by atoms with Crippen LogP contribution in [0.15, 0.2) is 30.3 Å². The van der Waals surface area contributed by atoms with Gasteiger partial charge in [0.25, 0.3) is 0 Å². The van der Waals surface area contributed by atoms with E-state index in [1.54, 1.807) is 0 Å². The molecule has 66 valence electrons. The summed E-state index contributed by atoms with van der Waals surface area (Å²) in [5, 5.41) is 9.50. The second kappa shape index (κ2) is 4.94. The molecule has 1 aromatic rings. The average molecular weight is 164 g/mol. The van der Waals surface area contributed by atoms with Gasteiger partial charge in [-0.3, -0.25) is 0 Å². The Morgan fingerprint density at radius 2 is 1.92 bits per heavy atom. The third kappa shape index (κ3) is 3.05. The summed E-state index contributed by atoms with van der Waals surface area (Å²) in [7, 11) is 0. The van der Waals surface area contributed by atoms with Crippen molar-refractivity contribution in [3.05, 3.63) is 35.9 Å². The fourth-order valence-corrected chi connectivity index (χ4v) is 1.32. The molecule has 1 rings (SSSR count). The van der Waals surface area contributed by atoms with Crippen molar-refractivity contribution in [2.75, 3.05) is 0 Å². The van der Waals surface area contributed by atoms with E-state index >= 15 is 0 Å². The first-order chi connectivity index (χ1) is 5.83. The van der Waals surface area contributed by atoms with E-state index in [1.807, 2.05) is 18.2 Å². The summed E-state index contributed by atoms with van der Waals surface area (Å²) >= 11 is 0. The third-order valence-electron chi connectivity index (χ3n) is 1.94. The minimum absolute atomic E-state index is 0.169. The molecule has 1 heteroatoms. The topological polar surface area (TPSA) is 20.2 Å². The predicted molar refractivity (Wildman–Crippen MR) is 51.1 cm³/mol. The number of hydrogen-bond donors (Lipinski definition) is 1. The maximum absolute atomic E-state index is 9.50. The molecule has 0 saturated carbocycles. The molecule has 0 amide bonds. The summed E-state index contributed by atoms with van der Waals surface area (Å²) in [4.78, 5) is 0. The van der Waals surface area contributed by atoms with E-state index in [-0.39, 0.29) is 6.10 Å². The molecule has 1 unspecified atom stereocenters. The lowest BCUT2D eigenvalue weighted by atomic mass is 10.1. The minimum atomic E-state index is -0.169. The number of benzene rings is 1. The Labute approximate surface area is 74.1 Å². The molecule has 0 saturated heterocycles. The van der Waals surface area contributed by atoms with Gasteiger partial charge in [-0.05, 0) is 18.4 Å². The lowest BCUT2D eigenvalue weighted by molar-refractivity contribution is 0.164. The van der Waals surface area contributed by atoms with Gasteiger partial charge < -0.3 is 5.11 Å². The molecule has 0 radical (unpaired) electrons. The van der Waals surface area contributed by atoms with Gasteiger partial charge in [0.05, 0.1) is 6.10 Å². The van der Waals surface area contributed by atoms with Gasteiger partial charge in [-0.25, -0.2) is 0 Å². The highest BCUT2D eigenvalue weighted by molar-refractivity contribution is 5.15. The van der Waals surface area contributed by atoms with Crippen molar-refractivity contribution in [1.82, 2.24) is 0 Å². The Kier molecular flexibility index (Phi) is 3.81. The predicted octanol–water partition coefficient (Wildman–Crippen LogP) is 2.39. The monoisotopic (exact) mass is 164 g/mol. The summed E-state index contributed by atoms with van der Waals surface area (Å²) in [5.41, 5.74) is 1.22. The van der Waals surface area contributed by atoms with E-state index in [0.717, 1.165) is 19.3 Å². The van der Waals surface area contributed by atoms with Crippen LogP contribution in [0.1, 0.15) is 25.3 Å². The summed E-state index contributed by atoms with van der Waals surface area (Å²) in [5.74, 6) is 0. The van der Waals surface area contributed by atoms with Gasteiger partial charge in [0, 0.05) is 0 Å². The van der Waals surface area contributed by atoms with Crippen LogP contribution in [0.3, 0.4) is 0 Å². The van der Waals surface area contributed by atoms with E-state index in [9.17, 15) is 5.11 Å². The fourth-order valence-electron chi connectivity index (χ4n) is 1.32. The number of aliphatic hydroxyl groups excluding tert-OH is 1. The van der Waals surface area contributed by atoms with Crippen molar-refractivity contribution in [3.63, 3.8) is 0 Å². The van der Waals surface area contributed by atoms with Crippen LogP contribution in [0.2, 0.25) is 0 Å². The molecule has 1 atom stereocenters. The maximum atomic E-state index is 9.50. The number of rotatable bonds is 4. The summed E-state index contributed by atoms with van der Waals surface area (Å²) in [6.45, 7) is 2.09. The third-order valence-corrected chi connectivity index (χ3v) is 1.94. The molecule has 1 nitrogen and oxygen atoms in total. The zero-order valence-electron chi connectivity index (χ0n) is 7.53. The molecular formula is C11H16O. The molecule has 0 aliphatic heterocycles. The smallest absolute Gasteiger partial charge is 0.0580 e.